The Morgan fingerprint density at radius 3 is 2.85 bits per heavy atom. The van der Waals surface area contributed by atoms with E-state index in [1.54, 1.807) is 40.9 Å². The molecular weight excluding hydrogens is 369 g/mol. The number of thioether (sulfide) groups is 2. The van der Waals surface area contributed by atoms with Gasteiger partial charge in [0.2, 0.25) is 0 Å². The molecule has 1 aliphatic heterocycles. The van der Waals surface area contributed by atoms with Gasteiger partial charge in [0, 0.05) is 29.8 Å². The van der Waals surface area contributed by atoms with E-state index in [4.69, 9.17) is 4.98 Å². The van der Waals surface area contributed by atoms with Crippen molar-refractivity contribution in [3.63, 3.8) is 0 Å². The number of benzene rings is 1. The van der Waals surface area contributed by atoms with E-state index in [2.05, 4.69) is 11.9 Å². The highest BCUT2D eigenvalue weighted by atomic mass is 32.2. The van der Waals surface area contributed by atoms with Crippen LogP contribution in [0.5, 0.6) is 0 Å². The number of halogens is 1. The van der Waals surface area contributed by atoms with Gasteiger partial charge in [-0.15, -0.1) is 11.8 Å². The number of rotatable bonds is 4. The summed E-state index contributed by atoms with van der Waals surface area (Å²) in [5.74, 6) is 0.326. The molecule has 0 saturated carbocycles. The van der Waals surface area contributed by atoms with Crippen molar-refractivity contribution in [2.24, 2.45) is 0 Å². The fraction of sp³-hybridized carbons (Fsp3) is 0.211. The van der Waals surface area contributed by atoms with Crippen LogP contribution < -0.4 is 5.56 Å². The summed E-state index contributed by atoms with van der Waals surface area (Å²) in [6.07, 6.45) is 4.33. The Morgan fingerprint density at radius 2 is 2.12 bits per heavy atom. The Morgan fingerprint density at radius 1 is 1.31 bits per heavy atom. The summed E-state index contributed by atoms with van der Waals surface area (Å²) in [4.78, 5) is 22.7. The van der Waals surface area contributed by atoms with Crippen molar-refractivity contribution in [3.8, 4) is 5.69 Å². The van der Waals surface area contributed by atoms with E-state index in [-0.39, 0.29) is 11.4 Å². The Labute approximate surface area is 158 Å². The van der Waals surface area contributed by atoms with Gasteiger partial charge in [0.25, 0.3) is 5.56 Å². The number of hydrogen-bond donors (Lipinski definition) is 0. The number of pyridine rings is 1. The monoisotopic (exact) mass is 385 g/mol. The van der Waals surface area contributed by atoms with Crippen molar-refractivity contribution in [2.75, 3.05) is 0 Å². The third-order valence-electron chi connectivity index (χ3n) is 4.06. The molecule has 1 aromatic carbocycles. The Kier molecular flexibility index (Phi) is 4.82. The van der Waals surface area contributed by atoms with E-state index in [1.807, 2.05) is 12.1 Å². The van der Waals surface area contributed by atoms with E-state index >= 15 is 0 Å². The third kappa shape index (κ3) is 3.41. The Bertz CT molecular complexity index is 990. The fourth-order valence-corrected chi connectivity index (χ4v) is 4.91. The average molecular weight is 385 g/mol. The second kappa shape index (κ2) is 7.25. The zero-order chi connectivity index (χ0) is 18.1. The minimum atomic E-state index is -0.330. The van der Waals surface area contributed by atoms with Gasteiger partial charge in [0.1, 0.15) is 5.82 Å². The van der Waals surface area contributed by atoms with Crippen LogP contribution in [0.1, 0.15) is 18.2 Å². The first-order chi connectivity index (χ1) is 12.6. The second-order valence-electron chi connectivity index (χ2n) is 6.07. The lowest BCUT2D eigenvalue weighted by Crippen LogP contribution is -2.23. The van der Waals surface area contributed by atoms with Gasteiger partial charge in [-0.3, -0.25) is 14.3 Å². The maximum absolute atomic E-state index is 13.3. The van der Waals surface area contributed by atoms with Crippen LogP contribution in [-0.4, -0.2) is 19.8 Å². The smallest absolute Gasteiger partial charge is 0.268 e. The summed E-state index contributed by atoms with van der Waals surface area (Å²) in [6, 6.07) is 9.83. The topological polar surface area (TPSA) is 47.8 Å². The molecule has 0 aliphatic carbocycles. The van der Waals surface area contributed by atoms with Gasteiger partial charge in [0.05, 0.1) is 16.3 Å². The summed E-state index contributed by atoms with van der Waals surface area (Å²) < 4.78 is 14.9. The van der Waals surface area contributed by atoms with Crippen molar-refractivity contribution in [1.82, 2.24) is 14.5 Å². The first kappa shape index (κ1) is 17.3. The van der Waals surface area contributed by atoms with Crippen molar-refractivity contribution < 1.29 is 4.39 Å². The molecule has 1 aliphatic rings. The van der Waals surface area contributed by atoms with Gasteiger partial charge in [-0.2, -0.15) is 0 Å². The molecule has 3 aromatic rings. The normalized spacial score (nSPS) is 15.8. The third-order valence-corrected chi connectivity index (χ3v) is 6.28. The lowest BCUT2D eigenvalue weighted by atomic mass is 10.2. The highest BCUT2D eigenvalue weighted by Gasteiger charge is 2.26. The zero-order valence-electron chi connectivity index (χ0n) is 14.1. The van der Waals surface area contributed by atoms with E-state index in [9.17, 15) is 9.18 Å². The van der Waals surface area contributed by atoms with Crippen LogP contribution in [0.3, 0.4) is 0 Å². The number of hydrogen-bond acceptors (Lipinski definition) is 5. The number of fused-ring (bicyclic) bond motifs is 1. The Balaban J connectivity index is 1.78. The molecular formula is C19H16FN3OS2. The first-order valence-electron chi connectivity index (χ1n) is 8.22. The van der Waals surface area contributed by atoms with Gasteiger partial charge < -0.3 is 0 Å². The molecule has 0 bridgehead atoms. The molecule has 4 rings (SSSR count). The highest BCUT2D eigenvalue weighted by Crippen LogP contribution is 2.35. The second-order valence-corrected chi connectivity index (χ2v) is 8.46. The van der Waals surface area contributed by atoms with Crippen LogP contribution in [0.4, 0.5) is 4.39 Å². The van der Waals surface area contributed by atoms with Crippen molar-refractivity contribution in [1.29, 1.82) is 0 Å². The summed E-state index contributed by atoms with van der Waals surface area (Å²) in [5.41, 5.74) is 2.46. The van der Waals surface area contributed by atoms with Crippen molar-refractivity contribution in [2.45, 2.75) is 34.4 Å². The molecule has 132 valence electrons. The van der Waals surface area contributed by atoms with Crippen molar-refractivity contribution >= 4 is 23.5 Å². The molecule has 0 amide bonds. The van der Waals surface area contributed by atoms with E-state index in [0.717, 1.165) is 17.7 Å². The molecule has 26 heavy (non-hydrogen) atoms. The van der Waals surface area contributed by atoms with Gasteiger partial charge in [-0.05, 0) is 35.9 Å². The van der Waals surface area contributed by atoms with Crippen LogP contribution in [0.2, 0.25) is 0 Å². The summed E-state index contributed by atoms with van der Waals surface area (Å²) in [5, 5.41) is 0.962. The lowest BCUT2D eigenvalue weighted by molar-refractivity contribution is 0.626. The summed E-state index contributed by atoms with van der Waals surface area (Å²) in [6.45, 7) is 2.09. The molecule has 3 heterocycles. The van der Waals surface area contributed by atoms with Crippen LogP contribution in [0, 0.1) is 5.82 Å². The van der Waals surface area contributed by atoms with Gasteiger partial charge >= 0.3 is 0 Å². The fourth-order valence-electron chi connectivity index (χ4n) is 2.85. The Hall–Kier alpha value is -2.12. The number of aromatic nitrogens is 3. The summed E-state index contributed by atoms with van der Waals surface area (Å²) in [7, 11) is 0. The molecule has 0 spiro atoms. The van der Waals surface area contributed by atoms with Crippen molar-refractivity contribution in [3.05, 3.63) is 76.2 Å². The number of nitrogens with zero attached hydrogens (tertiary/aromatic N) is 3. The largest absolute Gasteiger partial charge is 0.272 e. The minimum Gasteiger partial charge on any atom is -0.268 e. The zero-order valence-corrected chi connectivity index (χ0v) is 15.7. The molecule has 4 nitrogen and oxygen atoms in total. The first-order valence-corrected chi connectivity index (χ1v) is 10.1. The SMILES string of the molecule is CC1Cc2nc(SCc3cccnc3)n(-c3ccc(F)cc3)c(=O)c2S1. The highest BCUT2D eigenvalue weighted by molar-refractivity contribution is 8.00. The van der Waals surface area contributed by atoms with Crippen LogP contribution in [0.15, 0.2) is 63.6 Å². The maximum Gasteiger partial charge on any atom is 0.272 e. The quantitative estimate of drug-likeness (QED) is 0.500. The van der Waals surface area contributed by atoms with E-state index < -0.39 is 0 Å². The van der Waals surface area contributed by atoms with Crippen LogP contribution in [-0.2, 0) is 12.2 Å². The minimum absolute atomic E-state index is 0.0790. The molecule has 7 heteroatoms. The summed E-state index contributed by atoms with van der Waals surface area (Å²) >= 11 is 3.05. The van der Waals surface area contributed by atoms with Gasteiger partial charge in [-0.1, -0.05) is 24.8 Å². The van der Waals surface area contributed by atoms with Crippen LogP contribution in [0.25, 0.3) is 5.69 Å². The maximum atomic E-state index is 13.3. The standard InChI is InChI=1S/C19H16FN3OS2/c1-12-9-16-17(26-12)18(24)23(15-6-4-14(20)5-7-15)19(22-16)25-11-13-3-2-8-21-10-13/h2-8,10,12H,9,11H2,1H3. The molecule has 0 radical (unpaired) electrons. The van der Waals surface area contributed by atoms with Gasteiger partial charge in [0.15, 0.2) is 5.16 Å². The molecule has 0 fully saturated rings. The van der Waals surface area contributed by atoms with Crippen LogP contribution >= 0.6 is 23.5 Å². The molecule has 2 aromatic heterocycles. The average Bonchev–Trinajstić information content (AvgIpc) is 3.03. The van der Waals surface area contributed by atoms with Gasteiger partial charge in [-0.25, -0.2) is 9.37 Å². The lowest BCUT2D eigenvalue weighted by Gasteiger charge is -2.13. The molecule has 1 atom stereocenters. The predicted octanol–water partition coefficient (Wildman–Crippen LogP) is 4.10. The van der Waals surface area contributed by atoms with E-state index in [1.165, 1.54) is 23.9 Å². The molecule has 0 N–H and O–H groups in total. The predicted molar refractivity (Wildman–Crippen MR) is 103 cm³/mol. The van der Waals surface area contributed by atoms with E-state index in [0.29, 0.717) is 26.7 Å². The molecule has 0 saturated heterocycles. The molecule has 1 unspecified atom stereocenters.